The van der Waals surface area contributed by atoms with Crippen LogP contribution in [0.15, 0.2) is 36.4 Å². The van der Waals surface area contributed by atoms with Crippen LogP contribution >= 0.6 is 22.9 Å². The van der Waals surface area contributed by atoms with E-state index in [-0.39, 0.29) is 17.6 Å². The van der Waals surface area contributed by atoms with E-state index in [1.165, 1.54) is 11.3 Å². The van der Waals surface area contributed by atoms with Crippen molar-refractivity contribution in [2.45, 2.75) is 89.3 Å². The molecule has 2 N–H and O–H groups in total. The summed E-state index contributed by atoms with van der Waals surface area (Å²) in [7, 11) is -4.04. The Labute approximate surface area is 256 Å². The highest BCUT2D eigenvalue weighted by atomic mass is 35.5. The summed E-state index contributed by atoms with van der Waals surface area (Å²) in [6.07, 6.45) is 0.645. The molecule has 5 rings (SSSR count). The average molecular weight is 634 g/mol. The van der Waals surface area contributed by atoms with Crippen molar-refractivity contribution in [1.29, 1.82) is 0 Å². The molecule has 1 amide bonds. The lowest BCUT2D eigenvalue weighted by molar-refractivity contribution is 0.00578. The van der Waals surface area contributed by atoms with Gasteiger partial charge in [-0.25, -0.2) is 22.9 Å². The number of ether oxygens (including phenoxy) is 1. The third-order valence-corrected chi connectivity index (χ3v) is 11.3. The summed E-state index contributed by atoms with van der Waals surface area (Å²) in [5, 5.41) is 3.61. The molecule has 1 aliphatic heterocycles. The highest BCUT2D eigenvalue weighted by Gasteiger charge is 2.52. The molecule has 1 saturated heterocycles. The number of benzene rings is 1. The minimum atomic E-state index is -3.48. The predicted octanol–water partition coefficient (Wildman–Crippen LogP) is 5.81. The largest absolute Gasteiger partial charge is 0.496 e. The number of halogens is 1. The van der Waals surface area contributed by atoms with Crippen LogP contribution in [0, 0.1) is 0 Å². The number of nitrogens with zero attached hydrogens (tertiary/aromatic N) is 1. The highest BCUT2D eigenvalue weighted by molar-refractivity contribution is 7.90. The quantitative estimate of drug-likeness (QED) is 0.301. The number of amides is 1. The normalized spacial score (nSPS) is 19.2. The van der Waals surface area contributed by atoms with Crippen LogP contribution < -0.4 is 15.5 Å². The monoisotopic (exact) mass is 633 g/mol. The van der Waals surface area contributed by atoms with E-state index >= 15 is 0 Å². The second-order valence-electron chi connectivity index (χ2n) is 12.8. The van der Waals surface area contributed by atoms with Gasteiger partial charge in [0.15, 0.2) is 0 Å². The van der Waals surface area contributed by atoms with Crippen LogP contribution in [0.5, 0.6) is 0 Å². The fraction of sp³-hybridized carbons (Fsp3) is 0.517. The zero-order valence-electron chi connectivity index (χ0n) is 24.9. The second-order valence-corrected chi connectivity index (χ2v) is 16.4. The molecule has 2 fully saturated rings. The van der Waals surface area contributed by atoms with E-state index in [1.54, 1.807) is 32.9 Å². The maximum absolute atomic E-state index is 12.8. The molecule has 13 heteroatoms. The molecule has 2 aromatic heterocycles. The number of carbonyl (C=O) groups is 1. The Morgan fingerprint density at radius 2 is 1.83 bits per heavy atom. The number of rotatable bonds is 8. The lowest BCUT2D eigenvalue weighted by Gasteiger charge is -2.32. The van der Waals surface area contributed by atoms with Crippen molar-refractivity contribution in [2.75, 3.05) is 11.9 Å². The number of hydrogen-bond acceptors (Lipinski definition) is 8. The van der Waals surface area contributed by atoms with Crippen molar-refractivity contribution >= 4 is 67.5 Å². The summed E-state index contributed by atoms with van der Waals surface area (Å²) in [5.74, 6) is -0.285. The van der Waals surface area contributed by atoms with Crippen LogP contribution in [0.2, 0.25) is 5.02 Å². The van der Waals surface area contributed by atoms with Gasteiger partial charge in [-0.1, -0.05) is 29.8 Å². The van der Waals surface area contributed by atoms with Gasteiger partial charge in [0.2, 0.25) is 10.0 Å². The van der Waals surface area contributed by atoms with Gasteiger partial charge in [0, 0.05) is 21.6 Å². The van der Waals surface area contributed by atoms with Crippen molar-refractivity contribution < 1.29 is 27.3 Å². The molecule has 0 bridgehead atoms. The molecular formula is C29H37BClN3O6S2. The fourth-order valence-corrected chi connectivity index (χ4v) is 7.55. The van der Waals surface area contributed by atoms with Crippen molar-refractivity contribution in [3.8, 4) is 0 Å². The number of carbonyl (C=O) groups excluding carboxylic acids is 1. The molecule has 1 atom stereocenters. The van der Waals surface area contributed by atoms with Crippen molar-refractivity contribution in [2.24, 2.45) is 0 Å². The van der Waals surface area contributed by atoms with Crippen molar-refractivity contribution in [1.82, 2.24) is 9.71 Å². The average Bonchev–Trinajstić information content (AvgIpc) is 3.59. The van der Waals surface area contributed by atoms with Gasteiger partial charge in [-0.05, 0) is 84.9 Å². The van der Waals surface area contributed by atoms with Crippen molar-refractivity contribution in [3.63, 3.8) is 0 Å². The third-order valence-electron chi connectivity index (χ3n) is 7.73. The van der Waals surface area contributed by atoms with Gasteiger partial charge in [0.1, 0.15) is 11.4 Å². The van der Waals surface area contributed by atoms with Gasteiger partial charge in [0.05, 0.1) is 33.1 Å². The van der Waals surface area contributed by atoms with Gasteiger partial charge in [0.25, 0.3) is 0 Å². The van der Waals surface area contributed by atoms with Crippen LogP contribution in [0.25, 0.3) is 10.1 Å². The van der Waals surface area contributed by atoms with Gasteiger partial charge in [-0.3, -0.25) is 5.32 Å². The molecule has 3 heterocycles. The van der Waals surface area contributed by atoms with Crippen LogP contribution in [0.4, 0.5) is 10.6 Å². The Morgan fingerprint density at radius 1 is 1.17 bits per heavy atom. The maximum Gasteiger partial charge on any atom is 0.496 e. The standard InChI is InChI=1S/C29H37BClN3O6S2/c1-27(2,3)38-26(35)34-23-14-13-21(31)24(33-23)19(16-32-42(36,37)18-11-12-18)22-15-17-9-8-10-20(25(17)41-22)30-39-28(4,5)29(6,7)40-30/h8-10,13-15,18-19,32H,11-12,16H2,1-7H3,(H,33,34,35). The molecule has 1 saturated carbocycles. The van der Waals surface area contributed by atoms with Gasteiger partial charge >= 0.3 is 13.2 Å². The molecular weight excluding hydrogens is 597 g/mol. The number of sulfonamides is 1. The molecule has 0 spiro atoms. The highest BCUT2D eigenvalue weighted by Crippen LogP contribution is 2.40. The van der Waals surface area contributed by atoms with E-state index in [4.69, 9.17) is 25.6 Å². The number of hydrogen-bond donors (Lipinski definition) is 2. The number of thiophene rings is 1. The summed E-state index contributed by atoms with van der Waals surface area (Å²) in [6, 6.07) is 11.2. The molecule has 226 valence electrons. The van der Waals surface area contributed by atoms with Crippen LogP contribution in [0.1, 0.15) is 77.8 Å². The number of aromatic nitrogens is 1. The number of fused-ring (bicyclic) bond motifs is 1. The van der Waals surface area contributed by atoms with Gasteiger partial charge in [-0.2, -0.15) is 0 Å². The SMILES string of the molecule is CC(C)(C)OC(=O)Nc1ccc(Cl)c(C(CNS(=O)(=O)C2CC2)c2cc3cccc(B4OC(C)(C)C(C)(C)O4)c3s2)n1. The van der Waals surface area contributed by atoms with Crippen LogP contribution in [0.3, 0.4) is 0 Å². The van der Waals surface area contributed by atoms with E-state index in [1.807, 2.05) is 52.0 Å². The number of pyridine rings is 1. The summed E-state index contributed by atoms with van der Waals surface area (Å²) in [6.45, 7) is 13.4. The van der Waals surface area contributed by atoms with Gasteiger partial charge < -0.3 is 14.0 Å². The Kier molecular flexibility index (Phi) is 8.21. The van der Waals surface area contributed by atoms with E-state index < -0.39 is 46.0 Å². The maximum atomic E-state index is 12.8. The van der Waals surface area contributed by atoms with Crippen molar-refractivity contribution in [3.05, 3.63) is 52.0 Å². The second kappa shape index (κ2) is 11.1. The Balaban J connectivity index is 1.53. The molecule has 3 aromatic rings. The third kappa shape index (κ3) is 6.63. The first-order valence-corrected chi connectivity index (χ1v) is 16.7. The lowest BCUT2D eigenvalue weighted by Crippen LogP contribution is -2.41. The molecule has 42 heavy (non-hydrogen) atoms. The molecule has 9 nitrogen and oxygen atoms in total. The zero-order chi connectivity index (χ0) is 30.7. The Hall–Kier alpha value is -2.22. The summed E-state index contributed by atoms with van der Waals surface area (Å²) in [5.41, 5.74) is -0.341. The van der Waals surface area contributed by atoms with Crippen LogP contribution in [-0.4, -0.2) is 55.2 Å². The molecule has 1 unspecified atom stereocenters. The van der Waals surface area contributed by atoms with Crippen LogP contribution in [-0.2, 0) is 24.1 Å². The lowest BCUT2D eigenvalue weighted by atomic mass is 9.78. The number of anilines is 1. The number of nitrogens with one attached hydrogen (secondary N) is 2. The van der Waals surface area contributed by atoms with E-state index in [9.17, 15) is 13.2 Å². The van der Waals surface area contributed by atoms with E-state index in [0.29, 0.717) is 23.6 Å². The van der Waals surface area contributed by atoms with E-state index in [2.05, 4.69) is 15.0 Å². The molecule has 1 aliphatic carbocycles. The summed E-state index contributed by atoms with van der Waals surface area (Å²) >= 11 is 8.21. The fourth-order valence-electron chi connectivity index (χ4n) is 4.64. The van der Waals surface area contributed by atoms with E-state index in [0.717, 1.165) is 20.4 Å². The predicted molar refractivity (Wildman–Crippen MR) is 168 cm³/mol. The molecule has 0 radical (unpaired) electrons. The summed E-state index contributed by atoms with van der Waals surface area (Å²) in [4.78, 5) is 18.0. The Bertz CT molecular complexity index is 1600. The Morgan fingerprint density at radius 3 is 2.45 bits per heavy atom. The minimum absolute atomic E-state index is 0.0556. The summed E-state index contributed by atoms with van der Waals surface area (Å²) < 4.78 is 47.5. The first-order valence-electron chi connectivity index (χ1n) is 14.0. The minimum Gasteiger partial charge on any atom is -0.444 e. The molecule has 1 aromatic carbocycles. The molecule has 2 aliphatic rings. The smallest absolute Gasteiger partial charge is 0.444 e. The topological polar surface area (TPSA) is 116 Å². The van der Waals surface area contributed by atoms with Gasteiger partial charge in [-0.15, -0.1) is 11.3 Å². The zero-order valence-corrected chi connectivity index (χ0v) is 27.3. The first-order chi connectivity index (χ1) is 19.5. The first kappa shape index (κ1) is 31.2.